The van der Waals surface area contributed by atoms with Crippen molar-refractivity contribution >= 4 is 28.0 Å². The van der Waals surface area contributed by atoms with E-state index in [1.54, 1.807) is 60.7 Å². The number of benzene rings is 4. The van der Waals surface area contributed by atoms with Crippen LogP contribution in [0.4, 0.5) is 18.9 Å². The summed E-state index contributed by atoms with van der Waals surface area (Å²) in [5.41, 5.74) is 4.37. The number of fused-ring (bicyclic) bond motifs is 4. The molecule has 2 aliphatic rings. The third-order valence-corrected chi connectivity index (χ3v) is 7.69. The molecule has 0 saturated heterocycles. The molecule has 48 heavy (non-hydrogen) atoms. The second kappa shape index (κ2) is 12.8. The Morgan fingerprint density at radius 1 is 0.729 bits per heavy atom. The van der Waals surface area contributed by atoms with E-state index in [0.29, 0.717) is 55.8 Å². The number of rotatable bonds is 3. The molecule has 4 aromatic carbocycles. The van der Waals surface area contributed by atoms with Gasteiger partial charge in [-0.1, -0.05) is 48.0 Å². The first kappa shape index (κ1) is 33.0. The van der Waals surface area contributed by atoms with Crippen molar-refractivity contribution in [2.24, 2.45) is 0 Å². The van der Waals surface area contributed by atoms with Gasteiger partial charge >= 0.3 is 35.9 Å². The molecule has 0 unspecified atom stereocenters. The predicted molar refractivity (Wildman–Crippen MR) is 165 cm³/mol. The van der Waals surface area contributed by atoms with E-state index in [1.807, 2.05) is 12.1 Å². The Kier molecular flexibility index (Phi) is 8.80. The summed E-state index contributed by atoms with van der Waals surface area (Å²) in [5.74, 6) is -0.721. The van der Waals surface area contributed by atoms with Crippen molar-refractivity contribution in [1.29, 1.82) is 15.8 Å². The summed E-state index contributed by atoms with van der Waals surface area (Å²) in [7, 11) is 0. The number of nitriles is 3. The van der Waals surface area contributed by atoms with Gasteiger partial charge in [0.05, 0.1) is 43.1 Å². The van der Waals surface area contributed by atoms with Crippen LogP contribution in [-0.2, 0) is 0 Å². The first-order valence-corrected chi connectivity index (χ1v) is 13.5. The Morgan fingerprint density at radius 2 is 1.25 bits per heavy atom. The molecule has 0 aliphatic heterocycles. The van der Waals surface area contributed by atoms with Crippen LogP contribution < -0.4 is 34.3 Å². The van der Waals surface area contributed by atoms with E-state index in [-0.39, 0.29) is 63.2 Å². The molecule has 7 nitrogen and oxygen atoms in total. The Labute approximate surface area is 294 Å². The van der Waals surface area contributed by atoms with E-state index in [2.05, 4.69) is 25.3 Å². The maximum Gasteiger partial charge on any atom is 1.00 e. The Hall–Kier alpha value is -6.37. The van der Waals surface area contributed by atoms with E-state index in [4.69, 9.17) is 19.7 Å². The van der Waals surface area contributed by atoms with Gasteiger partial charge < -0.3 is 4.74 Å². The molecule has 0 fully saturated rings. The number of alkyl halides is 3. The van der Waals surface area contributed by atoms with Crippen molar-refractivity contribution in [2.75, 3.05) is 0 Å². The third kappa shape index (κ3) is 5.30. The molecule has 0 amide bonds. The summed E-state index contributed by atoms with van der Waals surface area (Å²) in [6.45, 7) is 23.0. The van der Waals surface area contributed by atoms with E-state index >= 15 is 0 Å². The zero-order valence-corrected chi connectivity index (χ0v) is 26.7. The van der Waals surface area contributed by atoms with Gasteiger partial charge in [-0.25, -0.2) is 20.2 Å². The van der Waals surface area contributed by atoms with E-state index in [1.165, 1.54) is 12.1 Å². The van der Waals surface area contributed by atoms with Crippen molar-refractivity contribution in [3.05, 3.63) is 152 Å². The van der Waals surface area contributed by atoms with Gasteiger partial charge in [0.2, 0.25) is 0 Å². The van der Waals surface area contributed by atoms with Crippen molar-refractivity contribution in [2.45, 2.75) is 6.36 Å². The van der Waals surface area contributed by atoms with Gasteiger partial charge in [0.25, 0.3) is 11.4 Å². The van der Waals surface area contributed by atoms with Crippen molar-refractivity contribution in [3.8, 4) is 46.2 Å². The number of ether oxygens (including phenoxy) is 1. The molecule has 0 atom stereocenters. The number of halogens is 3. The number of allylic oxidation sites excluding steroid dienone is 6. The normalized spacial score (nSPS) is 14.3. The smallest absolute Gasteiger partial charge is 0.404 e. The van der Waals surface area contributed by atoms with Gasteiger partial charge in [-0.15, -0.1) is 18.7 Å². The van der Waals surface area contributed by atoms with Crippen LogP contribution in [0.2, 0.25) is 0 Å². The van der Waals surface area contributed by atoms with E-state index < -0.39 is 12.1 Å². The molecule has 4 aromatic rings. The monoisotopic (exact) mass is 636 g/mol. The average Bonchev–Trinajstić information content (AvgIpc) is 3.59. The maximum atomic E-state index is 13.3. The Balaban J connectivity index is 0.00000451. The van der Waals surface area contributed by atoms with Gasteiger partial charge in [0.15, 0.2) is 0 Å². The summed E-state index contributed by atoms with van der Waals surface area (Å²) in [6.07, 6.45) is -5.07. The average molecular weight is 637 g/mol. The molecule has 0 N–H and O–H groups in total. The quantitative estimate of drug-likeness (QED) is 0.148. The fourth-order valence-corrected chi connectivity index (χ4v) is 5.97. The van der Waals surface area contributed by atoms with E-state index in [9.17, 15) is 29.0 Å². The van der Waals surface area contributed by atoms with Crippen molar-refractivity contribution in [1.82, 2.24) is 0 Å². The van der Waals surface area contributed by atoms with Gasteiger partial charge in [-0.2, -0.15) is 29.5 Å². The first-order valence-electron chi connectivity index (χ1n) is 13.5. The Bertz CT molecular complexity index is 2400. The number of nitrogens with zero attached hydrogens (tertiary/aromatic N) is 6. The summed E-state index contributed by atoms with van der Waals surface area (Å²) >= 11 is 0. The fourth-order valence-electron chi connectivity index (χ4n) is 5.97. The second-order valence-corrected chi connectivity index (χ2v) is 10.0. The van der Waals surface area contributed by atoms with Crippen LogP contribution in [0.3, 0.4) is 0 Å². The van der Waals surface area contributed by atoms with Gasteiger partial charge in [0.1, 0.15) is 11.8 Å². The zero-order valence-electron chi connectivity index (χ0n) is 24.7. The molecule has 0 saturated carbocycles. The summed E-state index contributed by atoms with van der Waals surface area (Å²) in [4.78, 5) is 10.4. The van der Waals surface area contributed by atoms with Crippen molar-refractivity contribution in [3.63, 3.8) is 0 Å². The van der Waals surface area contributed by atoms with E-state index in [0.717, 1.165) is 6.07 Å². The predicted octanol–water partition coefficient (Wildman–Crippen LogP) is 6.39. The number of hydrogen-bond donors (Lipinski definition) is 0. The standard InChI is InChI=1S/C37H12F3N6O.Na/c1-44-23-14-12-20(13-15-23)24-6-4-8-26-31(24)35(28(18-42)45-2)34-27-9-5-7-25(32(27)36(33(26)34)29(19-43)46-3)21-10-11-22(17-41)30(16-21)47-37(38,39)40;/h4-14,16H;/q-1;+1/b35-28+,36-29-;. The summed E-state index contributed by atoms with van der Waals surface area (Å²) in [5, 5.41) is 29.7. The SMILES string of the molecule is [C-]#[N+]/C(C#N)=C1C2=C(/C(=C(\C#N)[N+]#[C-])c3c2cccc3-c2c[c-]c([N+]#[C-])cc2)c2cccc(-c3ccc(C#N)c(OC(F)(F)F)c3)c2\1.[Na+]. The van der Waals surface area contributed by atoms with Gasteiger partial charge in [-0.05, 0) is 56.7 Å². The van der Waals surface area contributed by atoms with Crippen LogP contribution in [0.1, 0.15) is 27.8 Å². The molecular weight excluding hydrogens is 624 g/mol. The molecule has 218 valence electrons. The molecule has 0 spiro atoms. The topological polar surface area (TPSA) is 93.7 Å². The minimum Gasteiger partial charge on any atom is -0.404 e. The molecule has 0 bridgehead atoms. The molecule has 0 aromatic heterocycles. The second-order valence-electron chi connectivity index (χ2n) is 10.0. The zero-order chi connectivity index (χ0) is 33.5. The van der Waals surface area contributed by atoms with Crippen LogP contribution in [0, 0.1) is 59.8 Å². The molecule has 0 radical (unpaired) electrons. The number of hydrogen-bond acceptors (Lipinski definition) is 4. The minimum absolute atomic E-state index is 0. The molecule has 6 rings (SSSR count). The van der Waals surface area contributed by atoms with Gasteiger partial charge in [-0.3, -0.25) is 4.85 Å². The molecule has 2 aliphatic carbocycles. The molecule has 11 heteroatoms. The van der Waals surface area contributed by atoms with Crippen LogP contribution in [0.25, 0.3) is 59.1 Å². The van der Waals surface area contributed by atoms with Crippen LogP contribution >= 0.6 is 0 Å². The van der Waals surface area contributed by atoms with Crippen LogP contribution in [0.5, 0.6) is 5.75 Å². The van der Waals surface area contributed by atoms with Crippen LogP contribution in [-0.4, -0.2) is 6.36 Å². The summed E-state index contributed by atoms with van der Waals surface area (Å²) in [6, 6.07) is 27.4. The van der Waals surface area contributed by atoms with Crippen LogP contribution in [0.15, 0.2) is 84.2 Å². The minimum atomic E-state index is -5.07. The van der Waals surface area contributed by atoms with Gasteiger partial charge in [0, 0.05) is 11.1 Å². The third-order valence-electron chi connectivity index (χ3n) is 7.69. The van der Waals surface area contributed by atoms with Crippen molar-refractivity contribution < 1.29 is 47.5 Å². The molecule has 0 heterocycles. The maximum absolute atomic E-state index is 13.3. The first-order chi connectivity index (χ1) is 22.7. The Morgan fingerprint density at radius 3 is 1.69 bits per heavy atom. The largest absolute Gasteiger partial charge is 1.00 e. The molecular formula is C37H12F3N6NaO. The summed E-state index contributed by atoms with van der Waals surface area (Å²) < 4.78 is 43.9. The fraction of sp³-hybridized carbons (Fsp3) is 0.0270.